The number of hydrogen-bond acceptors (Lipinski definition) is 3. The number of aromatic nitrogens is 1. The lowest BCUT2D eigenvalue weighted by Gasteiger charge is -1.98. The third kappa shape index (κ3) is 1.53. The van der Waals surface area contributed by atoms with E-state index in [1.165, 1.54) is 6.07 Å². The van der Waals surface area contributed by atoms with Gasteiger partial charge in [-0.25, -0.2) is 4.39 Å². The molecule has 0 aliphatic rings. The third-order valence-corrected chi connectivity index (χ3v) is 3.53. The molecule has 0 aliphatic carbocycles. The van der Waals surface area contributed by atoms with Gasteiger partial charge in [-0.15, -0.1) is 0 Å². The molecular formula is C9H6BrFN2S. The van der Waals surface area contributed by atoms with Crippen LogP contribution in [0.5, 0.6) is 0 Å². The van der Waals surface area contributed by atoms with Crippen LogP contribution in [0.25, 0.3) is 11.3 Å². The zero-order chi connectivity index (χ0) is 10.1. The van der Waals surface area contributed by atoms with Crippen LogP contribution in [-0.4, -0.2) is 4.37 Å². The van der Waals surface area contributed by atoms with Crippen molar-refractivity contribution in [1.82, 2.24) is 4.37 Å². The van der Waals surface area contributed by atoms with E-state index < -0.39 is 0 Å². The van der Waals surface area contributed by atoms with Gasteiger partial charge in [-0.2, -0.15) is 4.37 Å². The summed E-state index contributed by atoms with van der Waals surface area (Å²) in [4.78, 5) is 0. The fourth-order valence-electron chi connectivity index (χ4n) is 1.11. The van der Waals surface area contributed by atoms with Gasteiger partial charge in [0.2, 0.25) is 0 Å². The Morgan fingerprint density at radius 3 is 2.64 bits per heavy atom. The minimum Gasteiger partial charge on any atom is -0.388 e. The lowest BCUT2D eigenvalue weighted by atomic mass is 10.1. The van der Waals surface area contributed by atoms with Gasteiger partial charge in [-0.3, -0.25) is 0 Å². The maximum atomic E-state index is 13.4. The van der Waals surface area contributed by atoms with E-state index in [9.17, 15) is 4.39 Å². The van der Waals surface area contributed by atoms with Gasteiger partial charge in [-0.05, 0) is 39.6 Å². The van der Waals surface area contributed by atoms with Crippen LogP contribution >= 0.6 is 27.5 Å². The van der Waals surface area contributed by atoms with Crippen molar-refractivity contribution in [3.8, 4) is 11.3 Å². The van der Waals surface area contributed by atoms with Gasteiger partial charge in [0.15, 0.2) is 0 Å². The summed E-state index contributed by atoms with van der Waals surface area (Å²) in [6.07, 6.45) is 0. The average molecular weight is 273 g/mol. The van der Waals surface area contributed by atoms with Crippen LogP contribution in [0.1, 0.15) is 0 Å². The lowest BCUT2D eigenvalue weighted by molar-refractivity contribution is 0.631. The molecular weight excluding hydrogens is 267 g/mol. The van der Waals surface area contributed by atoms with E-state index in [0.717, 1.165) is 11.5 Å². The smallest absolute Gasteiger partial charge is 0.132 e. The maximum absolute atomic E-state index is 13.4. The van der Waals surface area contributed by atoms with Crippen molar-refractivity contribution in [2.45, 2.75) is 0 Å². The topological polar surface area (TPSA) is 38.9 Å². The molecule has 0 fully saturated rings. The quantitative estimate of drug-likeness (QED) is 0.865. The second-order valence-corrected chi connectivity index (χ2v) is 4.29. The molecule has 0 bridgehead atoms. The molecule has 2 aromatic rings. The minimum atomic E-state index is -0.293. The van der Waals surface area contributed by atoms with Gasteiger partial charge >= 0.3 is 0 Å². The molecule has 2 nitrogen and oxygen atoms in total. The molecule has 0 unspecified atom stereocenters. The Hall–Kier alpha value is -0.940. The van der Waals surface area contributed by atoms with Crippen molar-refractivity contribution in [3.63, 3.8) is 0 Å². The highest BCUT2D eigenvalue weighted by Gasteiger charge is 2.13. The molecule has 1 heterocycles. The molecule has 0 radical (unpaired) electrons. The van der Waals surface area contributed by atoms with Crippen molar-refractivity contribution in [2.75, 3.05) is 5.73 Å². The maximum Gasteiger partial charge on any atom is 0.132 e. The standard InChI is InChI=1S/C9H6BrFN2S/c10-7-8(13-14-9(7)12)5-3-1-2-4-6(5)11/h1-4H,12H2. The molecule has 0 aliphatic heterocycles. The average Bonchev–Trinajstić information content (AvgIpc) is 2.49. The Morgan fingerprint density at radius 2 is 2.07 bits per heavy atom. The molecule has 1 aromatic heterocycles. The predicted molar refractivity (Wildman–Crippen MR) is 59.6 cm³/mol. The SMILES string of the molecule is Nc1snc(-c2ccccc2F)c1Br. The third-order valence-electron chi connectivity index (χ3n) is 1.79. The second-order valence-electron chi connectivity index (χ2n) is 2.69. The van der Waals surface area contributed by atoms with Crippen molar-refractivity contribution in [1.29, 1.82) is 0 Å². The Kier molecular flexibility index (Phi) is 2.52. The van der Waals surface area contributed by atoms with Crippen LogP contribution in [0.3, 0.4) is 0 Å². The van der Waals surface area contributed by atoms with E-state index >= 15 is 0 Å². The molecule has 2 N–H and O–H groups in total. The fraction of sp³-hybridized carbons (Fsp3) is 0. The number of anilines is 1. The zero-order valence-corrected chi connectivity index (χ0v) is 9.40. The van der Waals surface area contributed by atoms with Crippen LogP contribution in [-0.2, 0) is 0 Å². The number of nitrogen functional groups attached to an aromatic ring is 1. The molecule has 1 aromatic carbocycles. The van der Waals surface area contributed by atoms with Crippen molar-refractivity contribution < 1.29 is 4.39 Å². The summed E-state index contributed by atoms with van der Waals surface area (Å²) in [6, 6.07) is 6.48. The van der Waals surface area contributed by atoms with Gasteiger partial charge in [0.25, 0.3) is 0 Å². The molecule has 72 valence electrons. The number of rotatable bonds is 1. The highest BCUT2D eigenvalue weighted by molar-refractivity contribution is 9.10. The number of nitrogens with two attached hydrogens (primary N) is 1. The van der Waals surface area contributed by atoms with E-state index in [0.29, 0.717) is 20.7 Å². The first kappa shape index (κ1) is 9.61. The molecule has 0 saturated heterocycles. The summed E-state index contributed by atoms with van der Waals surface area (Å²) in [6.45, 7) is 0. The highest BCUT2D eigenvalue weighted by Crippen LogP contribution is 2.35. The van der Waals surface area contributed by atoms with Gasteiger partial charge in [0.1, 0.15) is 16.5 Å². The van der Waals surface area contributed by atoms with Crippen LogP contribution in [0, 0.1) is 5.82 Å². The molecule has 0 spiro atoms. The summed E-state index contributed by atoms with van der Waals surface area (Å²) in [5.74, 6) is -0.293. The van der Waals surface area contributed by atoms with Gasteiger partial charge < -0.3 is 5.73 Å². The number of hydrogen-bond donors (Lipinski definition) is 1. The molecule has 2 rings (SSSR count). The monoisotopic (exact) mass is 272 g/mol. The number of halogens is 2. The summed E-state index contributed by atoms with van der Waals surface area (Å²) < 4.78 is 18.1. The van der Waals surface area contributed by atoms with Gasteiger partial charge in [0.05, 0.1) is 4.47 Å². The fourth-order valence-corrected chi connectivity index (χ4v) is 2.31. The predicted octanol–water partition coefficient (Wildman–Crippen LogP) is 3.29. The number of nitrogens with zero attached hydrogens (tertiary/aromatic N) is 1. The van der Waals surface area contributed by atoms with E-state index in [-0.39, 0.29) is 5.82 Å². The Balaban J connectivity index is 2.60. The molecule has 0 atom stereocenters. The largest absolute Gasteiger partial charge is 0.388 e. The summed E-state index contributed by atoms with van der Waals surface area (Å²) in [5, 5.41) is 0.559. The van der Waals surface area contributed by atoms with Crippen LogP contribution in [0.15, 0.2) is 28.7 Å². The van der Waals surface area contributed by atoms with Crippen LogP contribution in [0.2, 0.25) is 0 Å². The first-order valence-electron chi connectivity index (χ1n) is 3.85. The van der Waals surface area contributed by atoms with Gasteiger partial charge in [0, 0.05) is 5.56 Å². The van der Waals surface area contributed by atoms with Crippen LogP contribution in [0.4, 0.5) is 9.39 Å². The van der Waals surface area contributed by atoms with Crippen molar-refractivity contribution >= 4 is 32.5 Å². The minimum absolute atomic E-state index is 0.293. The van der Waals surface area contributed by atoms with E-state index in [2.05, 4.69) is 20.3 Å². The highest BCUT2D eigenvalue weighted by atomic mass is 79.9. The molecule has 14 heavy (non-hydrogen) atoms. The van der Waals surface area contributed by atoms with E-state index in [1.54, 1.807) is 18.2 Å². The summed E-state index contributed by atoms with van der Waals surface area (Å²) >= 11 is 4.43. The van der Waals surface area contributed by atoms with E-state index in [1.807, 2.05) is 0 Å². The number of benzene rings is 1. The van der Waals surface area contributed by atoms with Crippen molar-refractivity contribution in [2.24, 2.45) is 0 Å². The molecule has 5 heteroatoms. The normalized spacial score (nSPS) is 10.4. The second kappa shape index (κ2) is 3.67. The first-order chi connectivity index (χ1) is 6.70. The lowest BCUT2D eigenvalue weighted by Crippen LogP contribution is -1.85. The Morgan fingerprint density at radius 1 is 1.36 bits per heavy atom. The molecule has 0 amide bonds. The first-order valence-corrected chi connectivity index (χ1v) is 5.42. The summed E-state index contributed by atoms with van der Waals surface area (Å²) in [5.41, 5.74) is 6.64. The van der Waals surface area contributed by atoms with Gasteiger partial charge in [-0.1, -0.05) is 12.1 Å². The van der Waals surface area contributed by atoms with Crippen LogP contribution < -0.4 is 5.73 Å². The summed E-state index contributed by atoms with van der Waals surface area (Å²) in [7, 11) is 0. The Bertz CT molecular complexity index is 470. The Labute approximate surface area is 92.9 Å². The van der Waals surface area contributed by atoms with E-state index in [4.69, 9.17) is 5.73 Å². The zero-order valence-electron chi connectivity index (χ0n) is 7.00. The molecule has 0 saturated carbocycles. The van der Waals surface area contributed by atoms with Crippen molar-refractivity contribution in [3.05, 3.63) is 34.6 Å².